The minimum atomic E-state index is -0.398. The van der Waals surface area contributed by atoms with Crippen LogP contribution in [0.5, 0.6) is 5.75 Å². The molecule has 4 heteroatoms. The Kier molecular flexibility index (Phi) is 3.90. The molecule has 1 atom stereocenters. The molecule has 0 saturated carbocycles. The number of ether oxygens (including phenoxy) is 2. The summed E-state index contributed by atoms with van der Waals surface area (Å²) < 4.78 is 11.4. The molecule has 1 heterocycles. The van der Waals surface area contributed by atoms with Crippen molar-refractivity contribution in [1.29, 1.82) is 0 Å². The van der Waals surface area contributed by atoms with E-state index >= 15 is 0 Å². The van der Waals surface area contributed by atoms with E-state index in [9.17, 15) is 0 Å². The molecule has 0 saturated heterocycles. The smallest absolute Gasteiger partial charge is 0.127 e. The fraction of sp³-hybridized carbons (Fsp3) is 0.571. The second kappa shape index (κ2) is 5.26. The van der Waals surface area contributed by atoms with Gasteiger partial charge in [0.1, 0.15) is 5.75 Å². The first-order valence-electron chi connectivity index (χ1n) is 6.36. The highest BCUT2D eigenvalue weighted by molar-refractivity contribution is 5.45. The Morgan fingerprint density at radius 3 is 2.89 bits per heavy atom. The molecule has 1 aliphatic rings. The Balaban J connectivity index is 2.43. The highest BCUT2D eigenvalue weighted by Gasteiger charge is 2.33. The summed E-state index contributed by atoms with van der Waals surface area (Å²) in [5, 5.41) is 0. The average molecular weight is 250 g/mol. The molecule has 0 amide bonds. The maximum Gasteiger partial charge on any atom is 0.127 e. The van der Waals surface area contributed by atoms with Crippen molar-refractivity contribution in [3.63, 3.8) is 0 Å². The minimum absolute atomic E-state index is 0.101. The molecule has 0 spiro atoms. The third-order valence-corrected chi connectivity index (χ3v) is 3.66. The van der Waals surface area contributed by atoms with Crippen molar-refractivity contribution in [3.8, 4) is 5.75 Å². The predicted molar refractivity (Wildman–Crippen MR) is 71.4 cm³/mol. The molecule has 0 bridgehead atoms. The lowest BCUT2D eigenvalue weighted by Gasteiger charge is -2.34. The van der Waals surface area contributed by atoms with Gasteiger partial charge in [-0.25, -0.2) is 5.43 Å². The van der Waals surface area contributed by atoms with Crippen LogP contribution in [0.25, 0.3) is 0 Å². The summed E-state index contributed by atoms with van der Waals surface area (Å²) in [6.45, 7) is 4.80. The maximum atomic E-state index is 5.83. The average Bonchev–Trinajstić information content (AvgIpc) is 2.39. The quantitative estimate of drug-likeness (QED) is 0.633. The second-order valence-corrected chi connectivity index (χ2v) is 5.19. The summed E-state index contributed by atoms with van der Waals surface area (Å²) >= 11 is 0. The van der Waals surface area contributed by atoms with Crippen LogP contribution in [0.15, 0.2) is 18.2 Å². The van der Waals surface area contributed by atoms with Gasteiger partial charge >= 0.3 is 0 Å². The SMILES string of the molecule is COC(C)(C)C(NN)c1cccc2c1OCCC2. The van der Waals surface area contributed by atoms with Gasteiger partial charge in [0.15, 0.2) is 0 Å². The lowest BCUT2D eigenvalue weighted by atomic mass is 9.89. The summed E-state index contributed by atoms with van der Waals surface area (Å²) in [5.74, 6) is 6.68. The molecular formula is C14H22N2O2. The number of nitrogens with two attached hydrogens (primary N) is 1. The van der Waals surface area contributed by atoms with E-state index in [-0.39, 0.29) is 6.04 Å². The van der Waals surface area contributed by atoms with Gasteiger partial charge < -0.3 is 9.47 Å². The van der Waals surface area contributed by atoms with Gasteiger partial charge in [0, 0.05) is 12.7 Å². The first-order chi connectivity index (χ1) is 8.60. The molecule has 1 unspecified atom stereocenters. The number of methoxy groups -OCH3 is 1. The number of nitrogens with one attached hydrogen (secondary N) is 1. The molecule has 2 rings (SSSR count). The molecule has 1 aliphatic heterocycles. The number of aryl methyl sites for hydroxylation is 1. The van der Waals surface area contributed by atoms with Crippen LogP contribution in [0.2, 0.25) is 0 Å². The Labute approximate surface area is 108 Å². The number of para-hydroxylation sites is 1. The molecule has 0 aliphatic carbocycles. The van der Waals surface area contributed by atoms with Crippen LogP contribution in [0.3, 0.4) is 0 Å². The number of benzene rings is 1. The Bertz CT molecular complexity index is 418. The van der Waals surface area contributed by atoms with Crippen LogP contribution >= 0.6 is 0 Å². The standard InChI is InChI=1S/C14H22N2O2/c1-14(2,17-3)13(16-15)11-8-4-6-10-7-5-9-18-12(10)11/h4,6,8,13,16H,5,7,9,15H2,1-3H3. The van der Waals surface area contributed by atoms with E-state index in [1.54, 1.807) is 7.11 Å². The van der Waals surface area contributed by atoms with Crippen LogP contribution in [0.4, 0.5) is 0 Å². The zero-order valence-corrected chi connectivity index (χ0v) is 11.3. The number of fused-ring (bicyclic) bond motifs is 1. The molecule has 100 valence electrons. The minimum Gasteiger partial charge on any atom is -0.493 e. The van der Waals surface area contributed by atoms with Crippen LogP contribution in [0, 0.1) is 0 Å². The zero-order valence-electron chi connectivity index (χ0n) is 11.3. The lowest BCUT2D eigenvalue weighted by molar-refractivity contribution is -0.0120. The summed E-state index contributed by atoms with van der Waals surface area (Å²) in [7, 11) is 1.70. The third-order valence-electron chi connectivity index (χ3n) is 3.66. The van der Waals surface area contributed by atoms with Crippen molar-refractivity contribution in [2.45, 2.75) is 38.3 Å². The fourth-order valence-electron chi connectivity index (χ4n) is 2.42. The van der Waals surface area contributed by atoms with Crippen LogP contribution in [0.1, 0.15) is 37.4 Å². The van der Waals surface area contributed by atoms with Gasteiger partial charge in [-0.1, -0.05) is 18.2 Å². The van der Waals surface area contributed by atoms with E-state index in [0.29, 0.717) is 0 Å². The van der Waals surface area contributed by atoms with Crippen molar-refractivity contribution >= 4 is 0 Å². The van der Waals surface area contributed by atoms with Gasteiger partial charge in [0.05, 0.1) is 18.2 Å². The normalized spacial score (nSPS) is 16.9. The summed E-state index contributed by atoms with van der Waals surface area (Å²) in [6.07, 6.45) is 2.14. The summed E-state index contributed by atoms with van der Waals surface area (Å²) in [6, 6.07) is 6.12. The van der Waals surface area contributed by atoms with Gasteiger partial charge in [-0.05, 0) is 32.3 Å². The molecule has 1 aromatic rings. The largest absolute Gasteiger partial charge is 0.493 e. The van der Waals surface area contributed by atoms with E-state index in [1.165, 1.54) is 5.56 Å². The monoisotopic (exact) mass is 250 g/mol. The van der Waals surface area contributed by atoms with E-state index in [1.807, 2.05) is 13.8 Å². The highest BCUT2D eigenvalue weighted by Crippen LogP contribution is 2.37. The van der Waals surface area contributed by atoms with Crippen molar-refractivity contribution in [2.24, 2.45) is 5.84 Å². The summed E-state index contributed by atoms with van der Waals surface area (Å²) in [4.78, 5) is 0. The van der Waals surface area contributed by atoms with E-state index in [4.69, 9.17) is 15.3 Å². The van der Waals surface area contributed by atoms with E-state index in [0.717, 1.165) is 30.8 Å². The van der Waals surface area contributed by atoms with Gasteiger partial charge in [-0.15, -0.1) is 0 Å². The summed E-state index contributed by atoms with van der Waals surface area (Å²) in [5.41, 5.74) is 4.78. The number of hydrogen-bond acceptors (Lipinski definition) is 4. The topological polar surface area (TPSA) is 56.5 Å². The molecular weight excluding hydrogens is 228 g/mol. The van der Waals surface area contributed by atoms with Gasteiger partial charge in [-0.2, -0.15) is 0 Å². The Morgan fingerprint density at radius 2 is 2.22 bits per heavy atom. The Hall–Kier alpha value is -1.10. The van der Waals surface area contributed by atoms with Gasteiger partial charge in [0.2, 0.25) is 0 Å². The molecule has 4 nitrogen and oxygen atoms in total. The zero-order chi connectivity index (χ0) is 13.2. The lowest BCUT2D eigenvalue weighted by Crippen LogP contribution is -2.44. The molecule has 0 radical (unpaired) electrons. The van der Waals surface area contributed by atoms with Crippen molar-refractivity contribution < 1.29 is 9.47 Å². The fourth-order valence-corrected chi connectivity index (χ4v) is 2.42. The maximum absolute atomic E-state index is 5.83. The highest BCUT2D eigenvalue weighted by atomic mass is 16.5. The molecule has 3 N–H and O–H groups in total. The van der Waals surface area contributed by atoms with Crippen LogP contribution < -0.4 is 16.0 Å². The van der Waals surface area contributed by atoms with Gasteiger partial charge in [0.25, 0.3) is 0 Å². The first kappa shape index (κ1) is 13.3. The molecule has 0 aromatic heterocycles. The molecule has 0 fully saturated rings. The van der Waals surface area contributed by atoms with Crippen molar-refractivity contribution in [1.82, 2.24) is 5.43 Å². The Morgan fingerprint density at radius 1 is 1.44 bits per heavy atom. The van der Waals surface area contributed by atoms with Crippen molar-refractivity contribution in [3.05, 3.63) is 29.3 Å². The van der Waals surface area contributed by atoms with Crippen molar-refractivity contribution in [2.75, 3.05) is 13.7 Å². The molecule has 1 aromatic carbocycles. The number of hydrazine groups is 1. The van der Waals surface area contributed by atoms with Crippen LogP contribution in [-0.2, 0) is 11.2 Å². The van der Waals surface area contributed by atoms with Gasteiger partial charge in [-0.3, -0.25) is 5.84 Å². The first-order valence-corrected chi connectivity index (χ1v) is 6.36. The van der Waals surface area contributed by atoms with E-state index in [2.05, 4.69) is 23.6 Å². The van der Waals surface area contributed by atoms with Crippen LogP contribution in [-0.4, -0.2) is 19.3 Å². The third kappa shape index (κ3) is 2.36. The number of rotatable bonds is 4. The van der Waals surface area contributed by atoms with E-state index < -0.39 is 5.60 Å². The predicted octanol–water partition coefficient (Wildman–Crippen LogP) is 1.94. The molecule has 18 heavy (non-hydrogen) atoms. The second-order valence-electron chi connectivity index (χ2n) is 5.19. The number of hydrogen-bond donors (Lipinski definition) is 2.